The molecule has 3 rings (SSSR count). The molecule has 4 nitrogen and oxygen atoms in total. The van der Waals surface area contributed by atoms with Crippen LogP contribution in [0.4, 0.5) is 17.6 Å². The number of aryl methyl sites for hydroxylation is 3. The van der Waals surface area contributed by atoms with Gasteiger partial charge in [-0.1, -0.05) is 23.7 Å². The Balaban J connectivity index is 2.04. The zero-order chi connectivity index (χ0) is 22.2. The summed E-state index contributed by atoms with van der Waals surface area (Å²) in [4.78, 5) is 12.6. The Morgan fingerprint density at radius 1 is 1.07 bits per heavy atom. The van der Waals surface area contributed by atoms with E-state index < -0.39 is 28.9 Å². The van der Waals surface area contributed by atoms with Gasteiger partial charge >= 0.3 is 6.18 Å². The number of aromatic hydroxyl groups is 1. The quantitative estimate of drug-likeness (QED) is 0.577. The summed E-state index contributed by atoms with van der Waals surface area (Å²) in [7, 11) is 1.38. The molecule has 1 aromatic heterocycles. The molecule has 158 valence electrons. The van der Waals surface area contributed by atoms with E-state index in [1.165, 1.54) is 32.2 Å². The topological polar surface area (TPSA) is 55.1 Å². The molecule has 0 aliphatic heterocycles. The second-order valence-corrected chi connectivity index (χ2v) is 7.22. The van der Waals surface area contributed by atoms with Crippen molar-refractivity contribution in [3.8, 4) is 16.9 Å². The number of benzene rings is 2. The highest BCUT2D eigenvalue weighted by molar-refractivity contribution is 6.31. The van der Waals surface area contributed by atoms with Crippen LogP contribution in [0, 0.1) is 12.7 Å². The minimum absolute atomic E-state index is 0.139. The van der Waals surface area contributed by atoms with Crippen molar-refractivity contribution in [1.82, 2.24) is 9.78 Å². The van der Waals surface area contributed by atoms with Crippen LogP contribution in [0.2, 0.25) is 5.02 Å². The molecule has 0 aliphatic carbocycles. The van der Waals surface area contributed by atoms with E-state index in [4.69, 9.17) is 11.6 Å². The molecule has 0 unspecified atom stereocenters. The second kappa shape index (κ2) is 8.10. The molecule has 0 saturated carbocycles. The molecule has 1 N–H and O–H groups in total. The fourth-order valence-corrected chi connectivity index (χ4v) is 3.48. The zero-order valence-electron chi connectivity index (χ0n) is 16.0. The highest BCUT2D eigenvalue weighted by Crippen LogP contribution is 2.36. The third kappa shape index (κ3) is 4.18. The summed E-state index contributed by atoms with van der Waals surface area (Å²) in [6.07, 6.45) is -4.05. The molecule has 0 saturated heterocycles. The summed E-state index contributed by atoms with van der Waals surface area (Å²) in [5.74, 6) is -1.20. The van der Waals surface area contributed by atoms with Crippen LogP contribution in [0.1, 0.15) is 22.4 Å². The number of rotatable bonds is 4. The Hall–Kier alpha value is -2.87. The molecule has 2 aromatic carbocycles. The predicted molar refractivity (Wildman–Crippen MR) is 105 cm³/mol. The van der Waals surface area contributed by atoms with Crippen molar-refractivity contribution >= 4 is 11.6 Å². The maximum atomic E-state index is 14.8. The van der Waals surface area contributed by atoms with Crippen LogP contribution in [0.25, 0.3) is 11.1 Å². The molecule has 30 heavy (non-hydrogen) atoms. The molecule has 0 atom stereocenters. The molecule has 9 heteroatoms. The van der Waals surface area contributed by atoms with Crippen molar-refractivity contribution in [1.29, 1.82) is 0 Å². The molecule has 3 aromatic rings. The minimum Gasteiger partial charge on any atom is -0.505 e. The van der Waals surface area contributed by atoms with Gasteiger partial charge in [0.25, 0.3) is 5.56 Å². The molecule has 1 heterocycles. The number of halogens is 5. The number of nitrogens with zero attached hydrogens (tertiary/aromatic N) is 2. The zero-order valence-corrected chi connectivity index (χ0v) is 16.8. The number of aromatic nitrogens is 2. The van der Waals surface area contributed by atoms with Crippen LogP contribution in [0.5, 0.6) is 5.75 Å². The summed E-state index contributed by atoms with van der Waals surface area (Å²) in [5, 5.41) is 14.4. The van der Waals surface area contributed by atoms with Gasteiger partial charge in [0.15, 0.2) is 5.75 Å². The van der Waals surface area contributed by atoms with Gasteiger partial charge in [0.05, 0.1) is 11.1 Å². The lowest BCUT2D eigenvalue weighted by Gasteiger charge is -2.15. The SMILES string of the molecule is Cc1nn(C)c(=O)c(-c2c(F)ccc(Cl)c2CCc2ccc(C(F)(F)F)cc2)c1O. The molecule has 0 spiro atoms. The molecule has 0 amide bonds. The first-order valence-electron chi connectivity index (χ1n) is 8.91. The molecular formula is C21H17ClF4N2O2. The lowest BCUT2D eigenvalue weighted by Crippen LogP contribution is -2.23. The Labute approximate surface area is 174 Å². The van der Waals surface area contributed by atoms with E-state index in [0.717, 1.165) is 22.9 Å². The van der Waals surface area contributed by atoms with Crippen molar-refractivity contribution in [2.75, 3.05) is 0 Å². The summed E-state index contributed by atoms with van der Waals surface area (Å²) >= 11 is 6.27. The summed E-state index contributed by atoms with van der Waals surface area (Å²) in [5.41, 5.74) is -0.871. The first-order chi connectivity index (χ1) is 14.0. The normalized spacial score (nSPS) is 11.7. The van der Waals surface area contributed by atoms with Crippen LogP contribution in [-0.4, -0.2) is 14.9 Å². The van der Waals surface area contributed by atoms with E-state index in [1.54, 1.807) is 0 Å². The van der Waals surface area contributed by atoms with Gasteiger partial charge in [-0.25, -0.2) is 9.07 Å². The van der Waals surface area contributed by atoms with Crippen molar-refractivity contribution in [3.05, 3.63) is 80.0 Å². The van der Waals surface area contributed by atoms with E-state index in [0.29, 0.717) is 5.56 Å². The Kier molecular flexibility index (Phi) is 5.90. The molecule has 0 aliphatic rings. The lowest BCUT2D eigenvalue weighted by atomic mass is 9.94. The monoisotopic (exact) mass is 440 g/mol. The Morgan fingerprint density at radius 3 is 2.30 bits per heavy atom. The number of hydrogen-bond donors (Lipinski definition) is 1. The fourth-order valence-electron chi connectivity index (χ4n) is 3.23. The maximum absolute atomic E-state index is 14.8. The second-order valence-electron chi connectivity index (χ2n) is 6.82. The van der Waals surface area contributed by atoms with Crippen LogP contribution in [-0.2, 0) is 26.1 Å². The first kappa shape index (κ1) is 21.8. The standard InChI is InChI=1S/C21H17ClF4N2O2/c1-11-19(29)18(20(30)28(2)27-11)17-14(15(22)9-10-16(17)23)8-5-12-3-6-13(7-4-12)21(24,25)26/h3-4,6-7,9-10,29H,5,8H2,1-2H3. The summed E-state index contributed by atoms with van der Waals surface area (Å²) in [6.45, 7) is 1.47. The molecule has 0 fully saturated rings. The minimum atomic E-state index is -4.44. The molecule has 0 radical (unpaired) electrons. The Bertz CT molecular complexity index is 1160. The lowest BCUT2D eigenvalue weighted by molar-refractivity contribution is -0.137. The van der Waals surface area contributed by atoms with Gasteiger partial charge in [-0.2, -0.15) is 18.3 Å². The van der Waals surface area contributed by atoms with E-state index >= 15 is 0 Å². The fraction of sp³-hybridized carbons (Fsp3) is 0.238. The molecular weight excluding hydrogens is 424 g/mol. The third-order valence-electron chi connectivity index (χ3n) is 4.79. The largest absolute Gasteiger partial charge is 0.505 e. The van der Waals surface area contributed by atoms with Gasteiger partial charge in [-0.15, -0.1) is 0 Å². The van der Waals surface area contributed by atoms with Gasteiger partial charge in [-0.3, -0.25) is 4.79 Å². The van der Waals surface area contributed by atoms with E-state index in [1.807, 2.05) is 0 Å². The van der Waals surface area contributed by atoms with Crippen molar-refractivity contribution in [3.63, 3.8) is 0 Å². The van der Waals surface area contributed by atoms with Crippen LogP contribution in [0.3, 0.4) is 0 Å². The number of hydrogen-bond acceptors (Lipinski definition) is 3. The van der Waals surface area contributed by atoms with E-state index in [-0.39, 0.29) is 40.2 Å². The first-order valence-corrected chi connectivity index (χ1v) is 9.28. The van der Waals surface area contributed by atoms with Gasteiger partial charge in [0.2, 0.25) is 0 Å². The Morgan fingerprint density at radius 2 is 1.70 bits per heavy atom. The predicted octanol–water partition coefficient (Wildman–Crippen LogP) is 5.06. The average Bonchev–Trinajstić information content (AvgIpc) is 2.68. The van der Waals surface area contributed by atoms with Crippen LogP contribution < -0.4 is 5.56 Å². The highest BCUT2D eigenvalue weighted by atomic mass is 35.5. The van der Waals surface area contributed by atoms with Gasteiger partial charge in [-0.05, 0) is 55.2 Å². The third-order valence-corrected chi connectivity index (χ3v) is 5.14. The average molecular weight is 441 g/mol. The van der Waals surface area contributed by atoms with Crippen molar-refractivity contribution in [2.45, 2.75) is 25.9 Å². The van der Waals surface area contributed by atoms with Crippen LogP contribution >= 0.6 is 11.6 Å². The van der Waals surface area contributed by atoms with E-state index in [2.05, 4.69) is 5.10 Å². The molecule has 0 bridgehead atoms. The van der Waals surface area contributed by atoms with Crippen molar-refractivity contribution in [2.24, 2.45) is 7.05 Å². The van der Waals surface area contributed by atoms with Crippen LogP contribution in [0.15, 0.2) is 41.2 Å². The van der Waals surface area contributed by atoms with E-state index in [9.17, 15) is 27.5 Å². The number of alkyl halides is 3. The van der Waals surface area contributed by atoms with Gasteiger partial charge < -0.3 is 5.11 Å². The van der Waals surface area contributed by atoms with Crippen molar-refractivity contribution < 1.29 is 22.7 Å². The van der Waals surface area contributed by atoms with Gasteiger partial charge in [0, 0.05) is 17.6 Å². The highest BCUT2D eigenvalue weighted by Gasteiger charge is 2.30. The van der Waals surface area contributed by atoms with Gasteiger partial charge in [0.1, 0.15) is 11.5 Å². The summed E-state index contributed by atoms with van der Waals surface area (Å²) in [6, 6.07) is 7.03. The maximum Gasteiger partial charge on any atom is 0.416 e. The smallest absolute Gasteiger partial charge is 0.416 e. The summed E-state index contributed by atoms with van der Waals surface area (Å²) < 4.78 is 54.0.